The van der Waals surface area contributed by atoms with Crippen LogP contribution >= 0.6 is 24.0 Å². The molecule has 12 heavy (non-hydrogen) atoms. The van der Waals surface area contributed by atoms with Gasteiger partial charge in [-0.3, -0.25) is 0 Å². The van der Waals surface area contributed by atoms with Gasteiger partial charge in [0.2, 0.25) is 0 Å². The van der Waals surface area contributed by atoms with E-state index in [4.69, 9.17) is 12.2 Å². The molecule has 0 radical (unpaired) electrons. The molecule has 62 valence electrons. The minimum absolute atomic E-state index is 0.624. The van der Waals surface area contributed by atoms with E-state index in [1.54, 1.807) is 0 Å². The highest BCUT2D eigenvalue weighted by Gasteiger charge is 2.20. The fraction of sp³-hybridized carbons (Fsp3) is 0.300. The molecule has 0 N–H and O–H groups in total. The Morgan fingerprint density at radius 1 is 1.25 bits per heavy atom. The van der Waals surface area contributed by atoms with E-state index in [0.717, 1.165) is 6.42 Å². The van der Waals surface area contributed by atoms with Gasteiger partial charge in [-0.1, -0.05) is 42.5 Å². The summed E-state index contributed by atoms with van der Waals surface area (Å²) < 4.78 is 1.17. The molecule has 1 atom stereocenters. The zero-order chi connectivity index (χ0) is 8.39. The van der Waals surface area contributed by atoms with Crippen molar-refractivity contribution in [3.8, 4) is 0 Å². The van der Waals surface area contributed by atoms with Crippen LogP contribution in [-0.4, -0.2) is 4.20 Å². The maximum atomic E-state index is 5.16. The lowest BCUT2D eigenvalue weighted by atomic mass is 10.1. The monoisotopic (exact) mass is 194 g/mol. The molecule has 0 nitrogen and oxygen atoms in total. The van der Waals surface area contributed by atoms with E-state index >= 15 is 0 Å². The lowest BCUT2D eigenvalue weighted by Crippen LogP contribution is -1.86. The fourth-order valence-electron chi connectivity index (χ4n) is 1.43. The average Bonchev–Trinajstić information content (AvgIpc) is 2.54. The first-order valence-electron chi connectivity index (χ1n) is 4.11. The third-order valence-electron chi connectivity index (χ3n) is 2.06. The van der Waals surface area contributed by atoms with Crippen LogP contribution in [0.5, 0.6) is 0 Å². The number of rotatable bonds is 1. The molecule has 1 saturated heterocycles. The molecule has 1 aromatic carbocycles. The SMILES string of the molecule is S=C1CCC(c2ccccc2)S1. The molecule has 2 rings (SSSR count). The van der Waals surface area contributed by atoms with Gasteiger partial charge in [-0.15, -0.1) is 11.8 Å². The Balaban J connectivity index is 2.16. The van der Waals surface area contributed by atoms with E-state index in [2.05, 4.69) is 30.3 Å². The van der Waals surface area contributed by atoms with Crippen LogP contribution in [0.1, 0.15) is 23.7 Å². The Morgan fingerprint density at radius 2 is 2.00 bits per heavy atom. The molecule has 1 aliphatic rings. The molecule has 1 aromatic rings. The van der Waals surface area contributed by atoms with Crippen LogP contribution in [-0.2, 0) is 0 Å². The van der Waals surface area contributed by atoms with E-state index in [1.807, 2.05) is 11.8 Å². The summed E-state index contributed by atoms with van der Waals surface area (Å²) >= 11 is 7.01. The third-order valence-corrected chi connectivity index (χ3v) is 3.81. The molecule has 1 unspecified atom stereocenters. The Labute approximate surface area is 82.4 Å². The predicted molar refractivity (Wildman–Crippen MR) is 58.6 cm³/mol. The van der Waals surface area contributed by atoms with Crippen molar-refractivity contribution < 1.29 is 0 Å². The highest BCUT2D eigenvalue weighted by Crippen LogP contribution is 2.41. The van der Waals surface area contributed by atoms with E-state index < -0.39 is 0 Å². The minimum Gasteiger partial charge on any atom is -0.111 e. The van der Waals surface area contributed by atoms with Crippen LogP contribution in [0.3, 0.4) is 0 Å². The molecule has 0 aliphatic carbocycles. The fourth-order valence-corrected chi connectivity index (χ4v) is 2.98. The Bertz CT molecular complexity index is 279. The van der Waals surface area contributed by atoms with Gasteiger partial charge < -0.3 is 0 Å². The van der Waals surface area contributed by atoms with Crippen molar-refractivity contribution in [1.82, 2.24) is 0 Å². The molecule has 0 saturated carbocycles. The first kappa shape index (κ1) is 8.27. The number of thiocarbonyl (C=S) groups is 1. The first-order valence-corrected chi connectivity index (χ1v) is 5.39. The maximum absolute atomic E-state index is 5.16. The molecule has 2 heteroatoms. The van der Waals surface area contributed by atoms with Gasteiger partial charge in [-0.2, -0.15) is 0 Å². The van der Waals surface area contributed by atoms with Gasteiger partial charge in [0, 0.05) is 9.45 Å². The first-order chi connectivity index (χ1) is 5.86. The van der Waals surface area contributed by atoms with Gasteiger partial charge in [0.15, 0.2) is 0 Å². The van der Waals surface area contributed by atoms with Crippen molar-refractivity contribution in [2.24, 2.45) is 0 Å². The Hall–Kier alpha value is -0.340. The van der Waals surface area contributed by atoms with E-state index in [-0.39, 0.29) is 0 Å². The summed E-state index contributed by atoms with van der Waals surface area (Å²) in [6.45, 7) is 0. The van der Waals surface area contributed by atoms with Crippen LogP contribution < -0.4 is 0 Å². The second-order valence-corrected chi connectivity index (χ2v) is 4.98. The summed E-state index contributed by atoms with van der Waals surface area (Å²) in [7, 11) is 0. The summed E-state index contributed by atoms with van der Waals surface area (Å²) in [6.07, 6.45) is 2.33. The van der Waals surface area contributed by atoms with Gasteiger partial charge in [0.05, 0.1) is 0 Å². The zero-order valence-corrected chi connectivity index (χ0v) is 8.33. The quantitative estimate of drug-likeness (QED) is 0.627. The summed E-state index contributed by atoms with van der Waals surface area (Å²) in [5.41, 5.74) is 1.42. The molecular weight excluding hydrogens is 184 g/mol. The summed E-state index contributed by atoms with van der Waals surface area (Å²) in [4.78, 5) is 0. The van der Waals surface area contributed by atoms with E-state index in [9.17, 15) is 0 Å². The van der Waals surface area contributed by atoms with Gasteiger partial charge in [-0.25, -0.2) is 0 Å². The molecule has 0 spiro atoms. The zero-order valence-electron chi connectivity index (χ0n) is 6.69. The van der Waals surface area contributed by atoms with E-state index in [0.29, 0.717) is 5.25 Å². The standard InChI is InChI=1S/C10H10S2/c11-10-7-6-9(12-10)8-4-2-1-3-5-8/h1-5,9H,6-7H2. The largest absolute Gasteiger partial charge is 0.111 e. The molecule has 0 bridgehead atoms. The van der Waals surface area contributed by atoms with Crippen molar-refractivity contribution in [3.63, 3.8) is 0 Å². The molecule has 0 amide bonds. The lowest BCUT2D eigenvalue weighted by molar-refractivity contribution is 0.877. The van der Waals surface area contributed by atoms with Crippen LogP contribution in [0.2, 0.25) is 0 Å². The van der Waals surface area contributed by atoms with Crippen molar-refractivity contribution in [2.75, 3.05) is 0 Å². The van der Waals surface area contributed by atoms with Gasteiger partial charge in [0.25, 0.3) is 0 Å². The van der Waals surface area contributed by atoms with Crippen LogP contribution in [0.15, 0.2) is 30.3 Å². The van der Waals surface area contributed by atoms with E-state index in [1.165, 1.54) is 16.2 Å². The maximum Gasteiger partial charge on any atom is 0.0484 e. The van der Waals surface area contributed by atoms with Crippen LogP contribution in [0.25, 0.3) is 0 Å². The van der Waals surface area contributed by atoms with Gasteiger partial charge >= 0.3 is 0 Å². The number of hydrogen-bond acceptors (Lipinski definition) is 2. The van der Waals surface area contributed by atoms with Crippen molar-refractivity contribution >= 4 is 28.2 Å². The smallest absolute Gasteiger partial charge is 0.0484 e. The molecule has 1 heterocycles. The van der Waals surface area contributed by atoms with Gasteiger partial charge in [-0.05, 0) is 18.4 Å². The molecule has 1 fully saturated rings. The number of hydrogen-bond donors (Lipinski definition) is 0. The van der Waals surface area contributed by atoms with Crippen molar-refractivity contribution in [3.05, 3.63) is 35.9 Å². The Kier molecular flexibility index (Phi) is 2.47. The van der Waals surface area contributed by atoms with Gasteiger partial charge in [0.1, 0.15) is 0 Å². The van der Waals surface area contributed by atoms with Crippen molar-refractivity contribution in [1.29, 1.82) is 0 Å². The predicted octanol–water partition coefficient (Wildman–Crippen LogP) is 3.58. The second-order valence-electron chi connectivity index (χ2n) is 2.93. The summed E-state index contributed by atoms with van der Waals surface area (Å²) in [5, 5.41) is 0.624. The summed E-state index contributed by atoms with van der Waals surface area (Å²) in [6, 6.07) is 10.6. The minimum atomic E-state index is 0.624. The molecular formula is C10H10S2. The van der Waals surface area contributed by atoms with Crippen molar-refractivity contribution in [2.45, 2.75) is 18.1 Å². The number of benzene rings is 1. The second kappa shape index (κ2) is 3.58. The number of thioether (sulfide) groups is 1. The average molecular weight is 194 g/mol. The van der Waals surface area contributed by atoms with Crippen LogP contribution in [0, 0.1) is 0 Å². The lowest BCUT2D eigenvalue weighted by Gasteiger charge is -2.06. The summed E-state index contributed by atoms with van der Waals surface area (Å²) in [5.74, 6) is 0. The Morgan fingerprint density at radius 3 is 2.58 bits per heavy atom. The van der Waals surface area contributed by atoms with Crippen LogP contribution in [0.4, 0.5) is 0 Å². The highest BCUT2D eigenvalue weighted by atomic mass is 32.2. The highest BCUT2D eigenvalue weighted by molar-refractivity contribution is 8.23. The third kappa shape index (κ3) is 1.70. The topological polar surface area (TPSA) is 0 Å². The molecule has 1 aliphatic heterocycles. The normalized spacial score (nSPS) is 23.0. The molecule has 0 aromatic heterocycles.